The van der Waals surface area contributed by atoms with Crippen molar-refractivity contribution in [1.29, 1.82) is 0 Å². The Labute approximate surface area is 223 Å². The predicted molar refractivity (Wildman–Crippen MR) is 147 cm³/mol. The average Bonchev–Trinajstić information content (AvgIpc) is 3.32. The minimum atomic E-state index is -0.448. The standard InChI is InChI=1S/C29H26BrNO4S/c1-3-34-29(33)25-17-26(19(2)21-7-5-4-6-8-21)36-28(25)31-27(32)22-11-9-20(10-12-22)18-35-24-15-13-23(30)14-16-24/h4-17,19H,3,18H2,1-2H3,(H,31,32). The number of nitrogens with one attached hydrogen (secondary N) is 1. The highest BCUT2D eigenvalue weighted by Crippen LogP contribution is 2.36. The maximum absolute atomic E-state index is 13.0. The zero-order valence-corrected chi connectivity index (χ0v) is 22.4. The number of rotatable bonds is 9. The van der Waals surface area contributed by atoms with Crippen LogP contribution in [0.4, 0.5) is 5.00 Å². The second kappa shape index (κ2) is 12.0. The second-order valence-corrected chi connectivity index (χ2v) is 10.1. The van der Waals surface area contributed by atoms with Crippen LogP contribution in [0.25, 0.3) is 0 Å². The van der Waals surface area contributed by atoms with E-state index in [2.05, 4.69) is 40.3 Å². The summed E-state index contributed by atoms with van der Waals surface area (Å²) in [5, 5.41) is 3.40. The van der Waals surface area contributed by atoms with Crippen molar-refractivity contribution < 1.29 is 19.1 Å². The molecule has 5 nitrogen and oxygen atoms in total. The van der Waals surface area contributed by atoms with Gasteiger partial charge in [-0.25, -0.2) is 4.79 Å². The monoisotopic (exact) mass is 563 g/mol. The van der Waals surface area contributed by atoms with Crippen LogP contribution in [0.2, 0.25) is 0 Å². The number of benzene rings is 3. The molecule has 0 aliphatic carbocycles. The number of ether oxygens (including phenoxy) is 2. The molecule has 1 unspecified atom stereocenters. The number of amides is 1. The fourth-order valence-corrected chi connectivity index (χ4v) is 4.99. The molecule has 4 rings (SSSR count). The predicted octanol–water partition coefficient (Wildman–Crippen LogP) is 7.67. The highest BCUT2D eigenvalue weighted by Gasteiger charge is 2.22. The summed E-state index contributed by atoms with van der Waals surface area (Å²) in [5.41, 5.74) is 2.93. The van der Waals surface area contributed by atoms with Crippen molar-refractivity contribution in [2.24, 2.45) is 0 Å². The van der Waals surface area contributed by atoms with E-state index in [0.29, 0.717) is 22.7 Å². The fraction of sp³-hybridized carbons (Fsp3) is 0.172. The first-order chi connectivity index (χ1) is 17.4. The van der Waals surface area contributed by atoms with Crippen LogP contribution in [-0.4, -0.2) is 18.5 Å². The molecule has 1 amide bonds. The molecule has 184 valence electrons. The molecule has 0 spiro atoms. The Balaban J connectivity index is 1.48. The Morgan fingerprint density at radius 3 is 2.33 bits per heavy atom. The van der Waals surface area contributed by atoms with E-state index >= 15 is 0 Å². The van der Waals surface area contributed by atoms with E-state index in [1.807, 2.05) is 60.7 Å². The molecule has 4 aromatic rings. The van der Waals surface area contributed by atoms with Gasteiger partial charge in [0.15, 0.2) is 0 Å². The van der Waals surface area contributed by atoms with Gasteiger partial charge in [0.2, 0.25) is 0 Å². The summed E-state index contributed by atoms with van der Waals surface area (Å²) in [4.78, 5) is 26.6. The van der Waals surface area contributed by atoms with E-state index in [0.717, 1.165) is 26.2 Å². The molecule has 1 heterocycles. The Kier molecular flexibility index (Phi) is 8.57. The third kappa shape index (κ3) is 6.42. The van der Waals surface area contributed by atoms with E-state index < -0.39 is 5.97 Å². The number of carbonyl (C=O) groups is 2. The van der Waals surface area contributed by atoms with E-state index in [9.17, 15) is 9.59 Å². The van der Waals surface area contributed by atoms with Gasteiger partial charge in [-0.15, -0.1) is 11.3 Å². The first-order valence-electron chi connectivity index (χ1n) is 11.6. The number of hydrogen-bond acceptors (Lipinski definition) is 5. The maximum atomic E-state index is 13.0. The van der Waals surface area contributed by atoms with Crippen molar-refractivity contribution in [1.82, 2.24) is 0 Å². The van der Waals surface area contributed by atoms with Crippen LogP contribution in [0.5, 0.6) is 5.75 Å². The van der Waals surface area contributed by atoms with Gasteiger partial charge in [-0.3, -0.25) is 4.79 Å². The van der Waals surface area contributed by atoms with Crippen molar-refractivity contribution in [3.8, 4) is 5.75 Å². The van der Waals surface area contributed by atoms with Gasteiger partial charge < -0.3 is 14.8 Å². The molecule has 1 atom stereocenters. The lowest BCUT2D eigenvalue weighted by molar-refractivity contribution is 0.0528. The number of halogens is 1. The van der Waals surface area contributed by atoms with E-state index in [-0.39, 0.29) is 18.4 Å². The zero-order chi connectivity index (χ0) is 25.5. The highest BCUT2D eigenvalue weighted by atomic mass is 79.9. The van der Waals surface area contributed by atoms with Gasteiger partial charge in [0.25, 0.3) is 5.91 Å². The normalized spacial score (nSPS) is 11.5. The van der Waals surface area contributed by atoms with Crippen molar-refractivity contribution in [3.63, 3.8) is 0 Å². The molecule has 1 aromatic heterocycles. The van der Waals surface area contributed by atoms with Crippen LogP contribution in [0.15, 0.2) is 89.4 Å². The Morgan fingerprint density at radius 2 is 1.67 bits per heavy atom. The first kappa shape index (κ1) is 25.7. The van der Waals surface area contributed by atoms with Crippen LogP contribution in [0.3, 0.4) is 0 Å². The van der Waals surface area contributed by atoms with Crippen LogP contribution in [-0.2, 0) is 11.3 Å². The van der Waals surface area contributed by atoms with Gasteiger partial charge in [0.05, 0.1) is 12.2 Å². The number of carbonyl (C=O) groups excluding carboxylic acids is 2. The largest absolute Gasteiger partial charge is 0.489 e. The zero-order valence-electron chi connectivity index (χ0n) is 20.0. The summed E-state index contributed by atoms with van der Waals surface area (Å²) in [6, 6.07) is 26.7. The van der Waals surface area contributed by atoms with Crippen LogP contribution in [0, 0.1) is 0 Å². The van der Waals surface area contributed by atoms with Crippen LogP contribution >= 0.6 is 27.3 Å². The second-order valence-electron chi connectivity index (χ2n) is 8.14. The summed E-state index contributed by atoms with van der Waals surface area (Å²) in [5.74, 6) is 0.0995. The first-order valence-corrected chi connectivity index (χ1v) is 13.2. The molecule has 0 saturated carbocycles. The minimum Gasteiger partial charge on any atom is -0.489 e. The smallest absolute Gasteiger partial charge is 0.341 e. The highest BCUT2D eigenvalue weighted by molar-refractivity contribution is 9.10. The topological polar surface area (TPSA) is 64.6 Å². The summed E-state index contributed by atoms with van der Waals surface area (Å²) in [6.45, 7) is 4.49. The Morgan fingerprint density at radius 1 is 0.972 bits per heavy atom. The lowest BCUT2D eigenvalue weighted by Gasteiger charge is -2.09. The van der Waals surface area contributed by atoms with E-state index in [4.69, 9.17) is 9.47 Å². The molecule has 0 radical (unpaired) electrons. The number of hydrogen-bond donors (Lipinski definition) is 1. The molecule has 0 saturated heterocycles. The SMILES string of the molecule is CCOC(=O)c1cc(C(C)c2ccccc2)sc1NC(=O)c1ccc(COc2ccc(Br)cc2)cc1. The summed E-state index contributed by atoms with van der Waals surface area (Å²) in [7, 11) is 0. The van der Waals surface area contributed by atoms with Gasteiger partial charge in [0.1, 0.15) is 17.4 Å². The molecule has 0 fully saturated rings. The quantitative estimate of drug-likeness (QED) is 0.212. The van der Waals surface area contributed by atoms with Gasteiger partial charge in [0, 0.05) is 20.8 Å². The van der Waals surface area contributed by atoms with Crippen LogP contribution in [0.1, 0.15) is 56.5 Å². The molecule has 1 N–H and O–H groups in total. The molecule has 3 aromatic carbocycles. The molecule has 36 heavy (non-hydrogen) atoms. The molecule has 0 bridgehead atoms. The third-order valence-corrected chi connectivity index (χ3v) is 7.40. The fourth-order valence-electron chi connectivity index (χ4n) is 3.61. The van der Waals surface area contributed by atoms with Gasteiger partial charge in [-0.1, -0.05) is 65.3 Å². The summed E-state index contributed by atoms with van der Waals surface area (Å²) < 4.78 is 12.0. The minimum absolute atomic E-state index is 0.0695. The van der Waals surface area contributed by atoms with Crippen molar-refractivity contribution in [3.05, 3.63) is 117 Å². The van der Waals surface area contributed by atoms with Gasteiger partial charge in [-0.05, 0) is 60.5 Å². The number of esters is 1. The molecular formula is C29H26BrNO4S. The van der Waals surface area contributed by atoms with Crippen molar-refractivity contribution in [2.45, 2.75) is 26.4 Å². The van der Waals surface area contributed by atoms with E-state index in [1.165, 1.54) is 11.3 Å². The molecule has 0 aliphatic rings. The van der Waals surface area contributed by atoms with Crippen molar-refractivity contribution in [2.75, 3.05) is 11.9 Å². The third-order valence-electron chi connectivity index (χ3n) is 5.64. The number of anilines is 1. The lowest BCUT2D eigenvalue weighted by Crippen LogP contribution is -2.14. The van der Waals surface area contributed by atoms with Crippen molar-refractivity contribution >= 4 is 44.1 Å². The Bertz CT molecular complexity index is 1320. The average molecular weight is 565 g/mol. The molecule has 0 aliphatic heterocycles. The van der Waals surface area contributed by atoms with Gasteiger partial charge >= 0.3 is 5.97 Å². The van der Waals surface area contributed by atoms with Gasteiger partial charge in [-0.2, -0.15) is 0 Å². The Hall–Kier alpha value is -3.42. The number of thiophene rings is 1. The van der Waals surface area contributed by atoms with E-state index in [1.54, 1.807) is 19.1 Å². The molecular weight excluding hydrogens is 538 g/mol. The van der Waals surface area contributed by atoms with Crippen LogP contribution < -0.4 is 10.1 Å². The molecule has 7 heteroatoms. The summed E-state index contributed by atoms with van der Waals surface area (Å²) in [6.07, 6.45) is 0. The summed E-state index contributed by atoms with van der Waals surface area (Å²) >= 11 is 4.80. The maximum Gasteiger partial charge on any atom is 0.341 e. The lowest BCUT2D eigenvalue weighted by atomic mass is 9.99.